The average Bonchev–Trinajstić information content (AvgIpc) is 2.89. The van der Waals surface area contributed by atoms with E-state index in [1.807, 2.05) is 48.5 Å². The lowest BCUT2D eigenvalue weighted by Gasteiger charge is -2.37. The van der Waals surface area contributed by atoms with Crippen molar-refractivity contribution >= 4 is 11.7 Å². The number of amides is 1. The van der Waals surface area contributed by atoms with Crippen LogP contribution < -0.4 is 5.32 Å². The second kappa shape index (κ2) is 11.7. The number of carbonyl (C=O) groups is 2. The Balaban J connectivity index is 1.42. The van der Waals surface area contributed by atoms with Gasteiger partial charge in [-0.2, -0.15) is 13.2 Å². The summed E-state index contributed by atoms with van der Waals surface area (Å²) in [4.78, 5) is 28.2. The van der Waals surface area contributed by atoms with Gasteiger partial charge in [0.15, 0.2) is 5.78 Å². The van der Waals surface area contributed by atoms with Crippen molar-refractivity contribution in [1.82, 2.24) is 10.2 Å². The third-order valence-electron chi connectivity index (χ3n) is 6.81. The molecule has 4 rings (SSSR count). The molecule has 1 unspecified atom stereocenters. The minimum Gasteiger partial charge on any atom is -0.349 e. The molecule has 4 nitrogen and oxygen atoms in total. The van der Waals surface area contributed by atoms with Gasteiger partial charge in [-0.1, -0.05) is 60.2 Å². The molecule has 0 bridgehead atoms. The summed E-state index contributed by atoms with van der Waals surface area (Å²) in [6.07, 6.45) is -2.61. The van der Waals surface area contributed by atoms with Gasteiger partial charge in [0.1, 0.15) is 0 Å². The zero-order chi connectivity index (χ0) is 26.4. The highest BCUT2D eigenvalue weighted by molar-refractivity contribution is 5.94. The van der Waals surface area contributed by atoms with Gasteiger partial charge in [-0.25, -0.2) is 0 Å². The second-order valence-corrected chi connectivity index (χ2v) is 9.63. The van der Waals surface area contributed by atoms with Crippen LogP contribution in [0.2, 0.25) is 0 Å². The number of nitrogens with one attached hydrogen (secondary N) is 1. The number of Topliss-reactive ketones (excluding diaryl/α,β-unsaturated/α-hetero) is 1. The molecule has 3 aromatic rings. The summed E-state index contributed by atoms with van der Waals surface area (Å²) in [6.45, 7) is 2.90. The Bertz CT molecular complexity index is 1200. The molecule has 1 aliphatic rings. The molecular weight excluding hydrogens is 477 g/mol. The van der Waals surface area contributed by atoms with Crippen LogP contribution in [0.3, 0.4) is 0 Å². The van der Waals surface area contributed by atoms with E-state index in [9.17, 15) is 22.8 Å². The lowest BCUT2D eigenvalue weighted by atomic mass is 9.93. The van der Waals surface area contributed by atoms with Gasteiger partial charge in [0.05, 0.1) is 11.6 Å². The van der Waals surface area contributed by atoms with Crippen LogP contribution in [-0.2, 0) is 17.4 Å². The van der Waals surface area contributed by atoms with Crippen molar-refractivity contribution in [2.24, 2.45) is 0 Å². The third kappa shape index (κ3) is 7.07. The lowest BCUT2D eigenvalue weighted by molar-refractivity contribution is -0.137. The van der Waals surface area contributed by atoms with Crippen molar-refractivity contribution in [3.8, 4) is 0 Å². The summed E-state index contributed by atoms with van der Waals surface area (Å²) in [5.41, 5.74) is 1.84. The monoisotopic (exact) mass is 508 g/mol. The first-order valence-electron chi connectivity index (χ1n) is 12.6. The maximum Gasteiger partial charge on any atom is 0.416 e. The molecule has 0 saturated carbocycles. The van der Waals surface area contributed by atoms with E-state index in [0.717, 1.165) is 17.7 Å². The van der Waals surface area contributed by atoms with Crippen molar-refractivity contribution in [3.05, 3.63) is 107 Å². The number of hydrogen-bond donors (Lipinski definition) is 1. The number of carbonyl (C=O) groups excluding carboxylic acids is 2. The number of benzene rings is 3. The Morgan fingerprint density at radius 2 is 1.57 bits per heavy atom. The molecule has 0 aliphatic carbocycles. The Morgan fingerprint density at radius 1 is 0.946 bits per heavy atom. The largest absolute Gasteiger partial charge is 0.416 e. The van der Waals surface area contributed by atoms with Gasteiger partial charge in [0, 0.05) is 31.1 Å². The number of nitrogens with zero attached hydrogens (tertiary/aromatic N) is 1. The summed E-state index contributed by atoms with van der Waals surface area (Å²) in [5.74, 6) is -0.126. The van der Waals surface area contributed by atoms with E-state index in [4.69, 9.17) is 0 Å². The van der Waals surface area contributed by atoms with E-state index in [1.165, 1.54) is 0 Å². The molecular formula is C30H31F3N2O2. The van der Waals surface area contributed by atoms with Crippen LogP contribution in [0.25, 0.3) is 0 Å². The van der Waals surface area contributed by atoms with Crippen LogP contribution in [0.1, 0.15) is 57.9 Å². The summed E-state index contributed by atoms with van der Waals surface area (Å²) in [5, 5.41) is 3.09. The number of ketones is 1. The molecule has 37 heavy (non-hydrogen) atoms. The quantitative estimate of drug-likeness (QED) is 0.397. The fraction of sp³-hybridized carbons (Fsp3) is 0.333. The molecule has 1 N–H and O–H groups in total. The molecule has 0 spiro atoms. The summed E-state index contributed by atoms with van der Waals surface area (Å²) in [7, 11) is 0. The van der Waals surface area contributed by atoms with Crippen LogP contribution in [0.4, 0.5) is 13.2 Å². The first kappa shape index (κ1) is 26.6. The van der Waals surface area contributed by atoms with E-state index in [-0.39, 0.29) is 30.6 Å². The zero-order valence-corrected chi connectivity index (χ0v) is 20.8. The fourth-order valence-corrected chi connectivity index (χ4v) is 4.97. The Morgan fingerprint density at radius 3 is 2.19 bits per heavy atom. The fourth-order valence-electron chi connectivity index (χ4n) is 4.97. The number of halogens is 3. The highest BCUT2D eigenvalue weighted by Crippen LogP contribution is 2.32. The van der Waals surface area contributed by atoms with Gasteiger partial charge in [-0.15, -0.1) is 0 Å². The highest BCUT2D eigenvalue weighted by atomic mass is 19.4. The normalized spacial score (nSPS) is 15.8. The molecule has 1 amide bonds. The predicted molar refractivity (Wildman–Crippen MR) is 137 cm³/mol. The summed E-state index contributed by atoms with van der Waals surface area (Å²) in [6, 6.07) is 22.1. The molecule has 1 saturated heterocycles. The Kier molecular flexibility index (Phi) is 8.44. The highest BCUT2D eigenvalue weighted by Gasteiger charge is 2.32. The van der Waals surface area contributed by atoms with Gasteiger partial charge in [-0.3, -0.25) is 14.5 Å². The first-order valence-corrected chi connectivity index (χ1v) is 12.6. The third-order valence-corrected chi connectivity index (χ3v) is 6.81. The minimum atomic E-state index is -4.42. The average molecular weight is 509 g/mol. The van der Waals surface area contributed by atoms with Crippen LogP contribution in [0.15, 0.2) is 78.9 Å². The molecule has 1 fully saturated rings. The zero-order valence-electron chi connectivity index (χ0n) is 20.8. The summed E-state index contributed by atoms with van der Waals surface area (Å²) < 4.78 is 39.7. The second-order valence-electron chi connectivity index (χ2n) is 9.63. The number of hydrogen-bond acceptors (Lipinski definition) is 3. The van der Waals surface area contributed by atoms with E-state index in [2.05, 4.69) is 10.2 Å². The van der Waals surface area contributed by atoms with Gasteiger partial charge >= 0.3 is 6.18 Å². The Labute approximate surface area is 215 Å². The molecule has 1 atom stereocenters. The van der Waals surface area contributed by atoms with Gasteiger partial charge in [0.25, 0.3) is 5.91 Å². The maximum absolute atomic E-state index is 13.5. The predicted octanol–water partition coefficient (Wildman–Crippen LogP) is 6.15. The molecule has 194 valence electrons. The molecule has 0 radical (unpaired) electrons. The molecule has 3 aromatic carbocycles. The van der Waals surface area contributed by atoms with E-state index in [1.54, 1.807) is 25.1 Å². The van der Waals surface area contributed by atoms with Crippen molar-refractivity contribution < 1.29 is 22.8 Å². The molecule has 0 aromatic heterocycles. The number of alkyl halides is 3. The van der Waals surface area contributed by atoms with Crippen molar-refractivity contribution in [2.75, 3.05) is 13.1 Å². The minimum absolute atomic E-state index is 0.0172. The van der Waals surface area contributed by atoms with Gasteiger partial charge in [0.2, 0.25) is 0 Å². The maximum atomic E-state index is 13.5. The standard InChI is InChI=1S/C30H31F3N2O2/c1-21-18-22(20-25(19-21)30(31,32)33)12-13-27(36)28(23-8-4-2-5-9-23)35-16-14-26(15-17-35)34-29(37)24-10-6-3-7-11-24/h2-11,18-20,26,28H,12-17H2,1H3,(H,34,37). The van der Waals surface area contributed by atoms with Crippen LogP contribution in [0, 0.1) is 6.92 Å². The topological polar surface area (TPSA) is 49.4 Å². The van der Waals surface area contributed by atoms with Crippen molar-refractivity contribution in [3.63, 3.8) is 0 Å². The van der Waals surface area contributed by atoms with E-state index < -0.39 is 17.8 Å². The van der Waals surface area contributed by atoms with Crippen molar-refractivity contribution in [2.45, 2.75) is 50.9 Å². The molecule has 1 heterocycles. The van der Waals surface area contributed by atoms with Crippen LogP contribution in [-0.4, -0.2) is 35.7 Å². The summed E-state index contributed by atoms with van der Waals surface area (Å²) >= 11 is 0. The van der Waals surface area contributed by atoms with Crippen LogP contribution >= 0.6 is 0 Å². The van der Waals surface area contributed by atoms with Gasteiger partial charge in [-0.05, 0) is 61.6 Å². The van der Waals surface area contributed by atoms with Gasteiger partial charge < -0.3 is 5.32 Å². The Hall–Kier alpha value is -3.45. The van der Waals surface area contributed by atoms with E-state index >= 15 is 0 Å². The first-order chi connectivity index (χ1) is 17.7. The smallest absolute Gasteiger partial charge is 0.349 e. The van der Waals surface area contributed by atoms with Crippen molar-refractivity contribution in [1.29, 1.82) is 0 Å². The molecule has 7 heteroatoms. The number of likely N-dealkylation sites (tertiary alicyclic amines) is 1. The lowest BCUT2D eigenvalue weighted by Crippen LogP contribution is -2.47. The number of piperidine rings is 1. The molecule has 1 aliphatic heterocycles. The number of aryl methyl sites for hydroxylation is 2. The van der Waals surface area contributed by atoms with Crippen LogP contribution in [0.5, 0.6) is 0 Å². The van der Waals surface area contributed by atoms with E-state index in [0.29, 0.717) is 42.6 Å². The SMILES string of the molecule is Cc1cc(CCC(=O)C(c2ccccc2)N2CCC(NC(=O)c3ccccc3)CC2)cc(C(F)(F)F)c1. The number of rotatable bonds is 8.